The van der Waals surface area contributed by atoms with Crippen molar-refractivity contribution < 1.29 is 4.79 Å². The number of hydrogen-bond acceptors (Lipinski definition) is 4. The van der Waals surface area contributed by atoms with E-state index in [1.54, 1.807) is 6.20 Å². The van der Waals surface area contributed by atoms with Gasteiger partial charge in [0.15, 0.2) is 0 Å². The first-order chi connectivity index (χ1) is 10.4. The monoisotopic (exact) mass is 298 g/mol. The van der Waals surface area contributed by atoms with Gasteiger partial charge in [-0.2, -0.15) is 0 Å². The molecule has 0 spiro atoms. The molecule has 0 bridgehead atoms. The first kappa shape index (κ1) is 15.9. The van der Waals surface area contributed by atoms with Crippen LogP contribution in [0.25, 0.3) is 0 Å². The second kappa shape index (κ2) is 6.56. The molecule has 0 aliphatic rings. The molecule has 2 aromatic rings. The molecule has 1 aromatic heterocycles. The maximum Gasteiger partial charge on any atom is 0.271 e. The van der Waals surface area contributed by atoms with Crippen LogP contribution < -0.4 is 10.6 Å². The predicted octanol–water partition coefficient (Wildman–Crippen LogP) is 3.31. The highest BCUT2D eigenvalue weighted by molar-refractivity contribution is 5.92. The lowest BCUT2D eigenvalue weighted by atomic mass is 10.1. The van der Waals surface area contributed by atoms with Crippen LogP contribution in [0, 0.1) is 0 Å². The molecule has 1 amide bonds. The van der Waals surface area contributed by atoms with Crippen LogP contribution in [0.5, 0.6) is 0 Å². The van der Waals surface area contributed by atoms with Gasteiger partial charge in [-0.3, -0.25) is 4.79 Å². The molecule has 5 nitrogen and oxygen atoms in total. The van der Waals surface area contributed by atoms with E-state index in [0.717, 1.165) is 12.1 Å². The molecular weight excluding hydrogens is 276 g/mol. The van der Waals surface area contributed by atoms with E-state index in [0.29, 0.717) is 11.5 Å². The van der Waals surface area contributed by atoms with E-state index in [9.17, 15) is 4.79 Å². The lowest BCUT2D eigenvalue weighted by molar-refractivity contribution is 0.0914. The number of benzene rings is 1. The first-order valence-corrected chi connectivity index (χ1v) is 7.38. The molecule has 0 unspecified atom stereocenters. The zero-order valence-electron chi connectivity index (χ0n) is 13.5. The van der Waals surface area contributed by atoms with Crippen molar-refractivity contribution >= 4 is 17.4 Å². The Hall–Kier alpha value is -2.43. The maximum absolute atomic E-state index is 12.0. The Morgan fingerprint density at radius 2 is 1.77 bits per heavy atom. The zero-order chi connectivity index (χ0) is 16.2. The van der Waals surface area contributed by atoms with Crippen LogP contribution in [0.3, 0.4) is 0 Å². The summed E-state index contributed by atoms with van der Waals surface area (Å²) in [5.41, 5.74) is 2.24. The minimum atomic E-state index is -0.295. The van der Waals surface area contributed by atoms with Crippen molar-refractivity contribution in [1.29, 1.82) is 0 Å². The molecular formula is C17H22N4O. The highest BCUT2D eigenvalue weighted by Crippen LogP contribution is 2.15. The first-order valence-electron chi connectivity index (χ1n) is 7.38. The summed E-state index contributed by atoms with van der Waals surface area (Å²) in [7, 11) is 0. The van der Waals surface area contributed by atoms with Crippen molar-refractivity contribution in [3.8, 4) is 0 Å². The molecule has 2 rings (SSSR count). The molecule has 0 saturated heterocycles. The normalized spacial score (nSPS) is 11.1. The molecule has 1 heterocycles. The van der Waals surface area contributed by atoms with E-state index in [-0.39, 0.29) is 11.4 Å². The fourth-order valence-electron chi connectivity index (χ4n) is 1.89. The van der Waals surface area contributed by atoms with Gasteiger partial charge in [-0.15, -0.1) is 0 Å². The second-order valence-corrected chi connectivity index (χ2v) is 6.17. The minimum Gasteiger partial charge on any atom is -0.346 e. The summed E-state index contributed by atoms with van der Waals surface area (Å²) < 4.78 is 0. The van der Waals surface area contributed by atoms with Gasteiger partial charge in [-0.05, 0) is 44.9 Å². The van der Waals surface area contributed by atoms with Gasteiger partial charge in [-0.1, -0.05) is 19.1 Å². The van der Waals surface area contributed by atoms with Gasteiger partial charge in [0.25, 0.3) is 5.91 Å². The molecule has 1 aromatic carbocycles. The van der Waals surface area contributed by atoms with Gasteiger partial charge in [0.05, 0.1) is 12.4 Å². The number of aromatic nitrogens is 2. The van der Waals surface area contributed by atoms with E-state index < -0.39 is 0 Å². The Bertz CT molecular complexity index is 627. The Morgan fingerprint density at radius 3 is 2.27 bits per heavy atom. The van der Waals surface area contributed by atoms with Crippen molar-refractivity contribution in [3.05, 3.63) is 47.9 Å². The smallest absolute Gasteiger partial charge is 0.271 e. The van der Waals surface area contributed by atoms with Crippen LogP contribution >= 0.6 is 0 Å². The van der Waals surface area contributed by atoms with E-state index in [1.165, 1.54) is 11.8 Å². The fourth-order valence-corrected chi connectivity index (χ4v) is 1.89. The van der Waals surface area contributed by atoms with Crippen molar-refractivity contribution in [1.82, 2.24) is 15.3 Å². The number of aryl methyl sites for hydroxylation is 1. The summed E-state index contributed by atoms with van der Waals surface area (Å²) in [4.78, 5) is 20.4. The zero-order valence-corrected chi connectivity index (χ0v) is 13.5. The summed E-state index contributed by atoms with van der Waals surface area (Å²) >= 11 is 0. The molecule has 22 heavy (non-hydrogen) atoms. The van der Waals surface area contributed by atoms with Crippen LogP contribution in [0.15, 0.2) is 36.7 Å². The van der Waals surface area contributed by atoms with Crippen LogP contribution in [-0.4, -0.2) is 21.4 Å². The van der Waals surface area contributed by atoms with E-state index >= 15 is 0 Å². The van der Waals surface area contributed by atoms with Crippen molar-refractivity contribution in [2.45, 2.75) is 39.7 Å². The van der Waals surface area contributed by atoms with Gasteiger partial charge < -0.3 is 10.6 Å². The fraction of sp³-hybridized carbons (Fsp3) is 0.353. The third kappa shape index (κ3) is 4.55. The van der Waals surface area contributed by atoms with E-state index in [4.69, 9.17) is 0 Å². The van der Waals surface area contributed by atoms with Crippen LogP contribution in [-0.2, 0) is 6.42 Å². The van der Waals surface area contributed by atoms with Crippen LogP contribution in [0.2, 0.25) is 0 Å². The molecule has 0 radical (unpaired) electrons. The Labute approximate surface area is 131 Å². The number of hydrogen-bond donors (Lipinski definition) is 2. The number of carbonyl (C=O) groups excluding carboxylic acids is 1. The molecule has 2 N–H and O–H groups in total. The van der Waals surface area contributed by atoms with Gasteiger partial charge >= 0.3 is 0 Å². The number of amides is 1. The standard InChI is InChI=1S/C17H22N4O/c1-5-12-6-8-13(9-7-12)20-15-11-18-14(10-19-15)16(22)21-17(2,3)4/h6-11H,5H2,1-4H3,(H,19,20)(H,21,22). The lowest BCUT2D eigenvalue weighted by Gasteiger charge is -2.19. The van der Waals surface area contributed by atoms with Crippen LogP contribution in [0.4, 0.5) is 11.5 Å². The van der Waals surface area contributed by atoms with Gasteiger partial charge in [0.2, 0.25) is 0 Å². The number of rotatable bonds is 4. The largest absolute Gasteiger partial charge is 0.346 e. The molecule has 116 valence electrons. The Kier molecular flexibility index (Phi) is 4.75. The molecule has 5 heteroatoms. The van der Waals surface area contributed by atoms with Gasteiger partial charge in [0.1, 0.15) is 11.5 Å². The van der Waals surface area contributed by atoms with Crippen LogP contribution in [0.1, 0.15) is 43.7 Å². The summed E-state index contributed by atoms with van der Waals surface area (Å²) in [6.45, 7) is 7.89. The summed E-state index contributed by atoms with van der Waals surface area (Å²) in [6, 6.07) is 8.14. The SMILES string of the molecule is CCc1ccc(Nc2cnc(C(=O)NC(C)(C)C)cn2)cc1. The minimum absolute atomic E-state index is 0.223. The summed E-state index contributed by atoms with van der Waals surface area (Å²) in [5.74, 6) is 0.385. The van der Waals surface area contributed by atoms with Crippen molar-refractivity contribution in [2.75, 3.05) is 5.32 Å². The maximum atomic E-state index is 12.0. The highest BCUT2D eigenvalue weighted by atomic mass is 16.2. The number of anilines is 2. The third-order valence-corrected chi connectivity index (χ3v) is 3.01. The average Bonchev–Trinajstić information content (AvgIpc) is 2.47. The Morgan fingerprint density at radius 1 is 1.09 bits per heavy atom. The molecule has 0 saturated carbocycles. The quantitative estimate of drug-likeness (QED) is 0.908. The lowest BCUT2D eigenvalue weighted by Crippen LogP contribution is -2.40. The molecule has 0 fully saturated rings. The molecule has 0 aliphatic heterocycles. The average molecular weight is 298 g/mol. The predicted molar refractivity (Wildman–Crippen MR) is 88.4 cm³/mol. The third-order valence-electron chi connectivity index (χ3n) is 3.01. The van der Waals surface area contributed by atoms with E-state index in [2.05, 4.69) is 39.7 Å². The highest BCUT2D eigenvalue weighted by Gasteiger charge is 2.16. The Balaban J connectivity index is 2.03. The van der Waals surface area contributed by atoms with E-state index in [1.807, 2.05) is 32.9 Å². The van der Waals surface area contributed by atoms with Crippen molar-refractivity contribution in [3.63, 3.8) is 0 Å². The summed E-state index contributed by atoms with van der Waals surface area (Å²) in [6.07, 6.45) is 4.05. The summed E-state index contributed by atoms with van der Waals surface area (Å²) in [5, 5.41) is 6.02. The second-order valence-electron chi connectivity index (χ2n) is 6.17. The number of carbonyl (C=O) groups is 1. The van der Waals surface area contributed by atoms with Crippen molar-refractivity contribution in [2.24, 2.45) is 0 Å². The topological polar surface area (TPSA) is 66.9 Å². The number of nitrogens with one attached hydrogen (secondary N) is 2. The number of nitrogens with zero attached hydrogens (tertiary/aromatic N) is 2. The molecule has 0 atom stereocenters. The molecule has 0 aliphatic carbocycles. The van der Waals surface area contributed by atoms with Gasteiger partial charge in [-0.25, -0.2) is 9.97 Å². The van der Waals surface area contributed by atoms with Gasteiger partial charge in [0, 0.05) is 11.2 Å².